The number of rotatable bonds is 4. The molecule has 0 radical (unpaired) electrons. The molecule has 1 aliphatic heterocycles. The summed E-state index contributed by atoms with van der Waals surface area (Å²) in [6.45, 7) is 0.930. The molecule has 18 heavy (non-hydrogen) atoms. The van der Waals surface area contributed by atoms with Gasteiger partial charge in [0.15, 0.2) is 0 Å². The van der Waals surface area contributed by atoms with Crippen LogP contribution in [-0.2, 0) is 9.53 Å². The summed E-state index contributed by atoms with van der Waals surface area (Å²) in [6.07, 6.45) is 3.02. The van der Waals surface area contributed by atoms with Gasteiger partial charge in [0.25, 0.3) is 5.91 Å². The van der Waals surface area contributed by atoms with Crippen molar-refractivity contribution >= 4 is 11.9 Å². The van der Waals surface area contributed by atoms with E-state index >= 15 is 0 Å². The average Bonchev–Trinajstić information content (AvgIpc) is 2.90. The monoisotopic (exact) mass is 252 g/mol. The van der Waals surface area contributed by atoms with Gasteiger partial charge in [0.1, 0.15) is 12.3 Å². The quantitative estimate of drug-likeness (QED) is 0.827. The number of aromatic nitrogens is 1. The number of likely N-dealkylation sites (tertiary alicyclic amines) is 1. The van der Waals surface area contributed by atoms with Crippen LogP contribution >= 0.6 is 0 Å². The molecule has 1 saturated heterocycles. The summed E-state index contributed by atoms with van der Waals surface area (Å²) < 4.78 is 5.22. The van der Waals surface area contributed by atoms with Crippen molar-refractivity contribution in [2.24, 2.45) is 0 Å². The van der Waals surface area contributed by atoms with Crippen molar-refractivity contribution in [2.75, 3.05) is 19.7 Å². The van der Waals surface area contributed by atoms with E-state index in [2.05, 4.69) is 4.98 Å². The van der Waals surface area contributed by atoms with Gasteiger partial charge < -0.3 is 19.7 Å². The van der Waals surface area contributed by atoms with Crippen molar-refractivity contribution < 1.29 is 19.4 Å². The van der Waals surface area contributed by atoms with Crippen LogP contribution in [0.4, 0.5) is 0 Å². The fraction of sp³-hybridized carbons (Fsp3) is 0.500. The van der Waals surface area contributed by atoms with E-state index in [0.717, 1.165) is 0 Å². The molecule has 2 heterocycles. The van der Waals surface area contributed by atoms with Crippen LogP contribution in [-0.4, -0.2) is 52.7 Å². The molecule has 0 bridgehead atoms. The Morgan fingerprint density at radius 1 is 1.44 bits per heavy atom. The average molecular weight is 252 g/mol. The third-order valence-corrected chi connectivity index (χ3v) is 3.00. The summed E-state index contributed by atoms with van der Waals surface area (Å²) >= 11 is 0. The maximum atomic E-state index is 12.0. The van der Waals surface area contributed by atoms with E-state index in [9.17, 15) is 9.59 Å². The molecule has 0 spiro atoms. The lowest BCUT2D eigenvalue weighted by atomic mass is 10.1. The second kappa shape index (κ2) is 5.68. The highest BCUT2D eigenvalue weighted by molar-refractivity contribution is 5.92. The van der Waals surface area contributed by atoms with Gasteiger partial charge >= 0.3 is 5.97 Å². The molecule has 1 fully saturated rings. The van der Waals surface area contributed by atoms with Crippen molar-refractivity contribution in [1.29, 1.82) is 0 Å². The Morgan fingerprint density at radius 2 is 2.17 bits per heavy atom. The lowest BCUT2D eigenvalue weighted by molar-refractivity contribution is -0.145. The number of nitrogens with zero attached hydrogens (tertiary/aromatic N) is 1. The number of ether oxygens (including phenoxy) is 1. The predicted octanol–water partition coefficient (Wildman–Crippen LogP) is 0.720. The first-order chi connectivity index (χ1) is 8.66. The third kappa shape index (κ3) is 3.10. The maximum absolute atomic E-state index is 12.0. The molecule has 0 saturated carbocycles. The Labute approximate surface area is 105 Å². The van der Waals surface area contributed by atoms with Gasteiger partial charge in [0.05, 0.1) is 6.10 Å². The van der Waals surface area contributed by atoms with Crippen LogP contribution in [0, 0.1) is 0 Å². The molecule has 1 amide bonds. The van der Waals surface area contributed by atoms with E-state index in [1.807, 2.05) is 0 Å². The van der Waals surface area contributed by atoms with Gasteiger partial charge in [-0.1, -0.05) is 0 Å². The molecule has 1 aromatic heterocycles. The van der Waals surface area contributed by atoms with Gasteiger partial charge in [-0.3, -0.25) is 4.79 Å². The van der Waals surface area contributed by atoms with Crippen molar-refractivity contribution in [1.82, 2.24) is 9.88 Å². The summed E-state index contributed by atoms with van der Waals surface area (Å²) in [7, 11) is 0. The normalized spacial score (nSPS) is 16.8. The number of hydrogen-bond donors (Lipinski definition) is 2. The molecule has 0 atom stereocenters. The minimum absolute atomic E-state index is 0.0170. The molecule has 2 N–H and O–H groups in total. The van der Waals surface area contributed by atoms with Gasteiger partial charge in [-0.15, -0.1) is 0 Å². The third-order valence-electron chi connectivity index (χ3n) is 3.00. The summed E-state index contributed by atoms with van der Waals surface area (Å²) in [5.74, 6) is -0.975. The first kappa shape index (κ1) is 12.6. The van der Waals surface area contributed by atoms with E-state index in [-0.39, 0.29) is 18.6 Å². The van der Waals surface area contributed by atoms with Crippen LogP contribution < -0.4 is 0 Å². The SMILES string of the molecule is O=C(O)COC1CCN(C(=O)c2ccc[nH]2)CC1. The van der Waals surface area contributed by atoms with Crippen LogP contribution in [0.15, 0.2) is 18.3 Å². The first-order valence-electron chi connectivity index (χ1n) is 5.93. The number of piperidine rings is 1. The van der Waals surface area contributed by atoms with Crippen LogP contribution in [0.5, 0.6) is 0 Å². The van der Waals surface area contributed by atoms with Crippen LogP contribution in [0.2, 0.25) is 0 Å². The van der Waals surface area contributed by atoms with E-state index in [1.54, 1.807) is 23.2 Å². The van der Waals surface area contributed by atoms with Crippen molar-refractivity contribution in [3.8, 4) is 0 Å². The minimum Gasteiger partial charge on any atom is -0.480 e. The number of nitrogens with one attached hydrogen (secondary N) is 1. The van der Waals surface area contributed by atoms with Crippen molar-refractivity contribution in [3.05, 3.63) is 24.0 Å². The van der Waals surface area contributed by atoms with Crippen molar-refractivity contribution in [2.45, 2.75) is 18.9 Å². The number of carbonyl (C=O) groups is 2. The second-order valence-electron chi connectivity index (χ2n) is 4.28. The van der Waals surface area contributed by atoms with E-state index in [1.165, 1.54) is 0 Å². The number of aromatic amines is 1. The van der Waals surface area contributed by atoms with E-state index < -0.39 is 5.97 Å². The smallest absolute Gasteiger partial charge is 0.329 e. The number of amides is 1. The van der Waals surface area contributed by atoms with Crippen LogP contribution in [0.1, 0.15) is 23.3 Å². The second-order valence-corrected chi connectivity index (χ2v) is 4.28. The molecule has 0 aliphatic carbocycles. The molecular weight excluding hydrogens is 236 g/mol. The van der Waals surface area contributed by atoms with Crippen LogP contribution in [0.25, 0.3) is 0 Å². The highest BCUT2D eigenvalue weighted by atomic mass is 16.5. The zero-order valence-electron chi connectivity index (χ0n) is 9.96. The lowest BCUT2D eigenvalue weighted by Crippen LogP contribution is -2.41. The number of carbonyl (C=O) groups excluding carboxylic acids is 1. The fourth-order valence-corrected chi connectivity index (χ4v) is 2.05. The highest BCUT2D eigenvalue weighted by Gasteiger charge is 2.24. The highest BCUT2D eigenvalue weighted by Crippen LogP contribution is 2.15. The molecule has 2 rings (SSSR count). The Balaban J connectivity index is 1.80. The Hall–Kier alpha value is -1.82. The lowest BCUT2D eigenvalue weighted by Gasteiger charge is -2.31. The number of H-pyrrole nitrogens is 1. The van der Waals surface area contributed by atoms with Gasteiger partial charge in [-0.05, 0) is 25.0 Å². The van der Waals surface area contributed by atoms with Crippen LogP contribution in [0.3, 0.4) is 0 Å². The Kier molecular flexibility index (Phi) is 3.99. The summed E-state index contributed by atoms with van der Waals surface area (Å²) in [4.78, 5) is 27.0. The number of carboxylic acids is 1. The topological polar surface area (TPSA) is 82.6 Å². The zero-order valence-corrected chi connectivity index (χ0v) is 9.96. The molecule has 1 aromatic rings. The molecule has 1 aliphatic rings. The molecule has 0 aromatic carbocycles. The largest absolute Gasteiger partial charge is 0.480 e. The Bertz CT molecular complexity index is 408. The van der Waals surface area contributed by atoms with E-state index in [4.69, 9.17) is 9.84 Å². The Morgan fingerprint density at radius 3 is 2.72 bits per heavy atom. The van der Waals surface area contributed by atoms with Gasteiger partial charge in [-0.2, -0.15) is 0 Å². The molecule has 6 heteroatoms. The number of aliphatic carboxylic acids is 1. The van der Waals surface area contributed by atoms with Gasteiger partial charge in [0.2, 0.25) is 0 Å². The van der Waals surface area contributed by atoms with Crippen molar-refractivity contribution in [3.63, 3.8) is 0 Å². The maximum Gasteiger partial charge on any atom is 0.329 e. The van der Waals surface area contributed by atoms with Gasteiger partial charge in [-0.25, -0.2) is 4.79 Å². The molecule has 98 valence electrons. The standard InChI is InChI=1S/C12H16N2O4/c15-11(16)8-18-9-3-6-14(7-4-9)12(17)10-2-1-5-13-10/h1-2,5,9,13H,3-4,6-8H2,(H,15,16). The number of hydrogen-bond acceptors (Lipinski definition) is 3. The fourth-order valence-electron chi connectivity index (χ4n) is 2.05. The first-order valence-corrected chi connectivity index (χ1v) is 5.93. The molecule has 0 unspecified atom stereocenters. The summed E-state index contributed by atoms with van der Waals surface area (Å²) in [5, 5.41) is 8.52. The summed E-state index contributed by atoms with van der Waals surface area (Å²) in [6, 6.07) is 3.53. The van der Waals surface area contributed by atoms with Gasteiger partial charge in [0, 0.05) is 19.3 Å². The van der Waals surface area contributed by atoms with E-state index in [0.29, 0.717) is 31.6 Å². The minimum atomic E-state index is -0.958. The molecular formula is C12H16N2O4. The molecule has 6 nitrogen and oxygen atoms in total. The number of carboxylic acid groups (broad SMARTS) is 1. The zero-order chi connectivity index (χ0) is 13.0. The summed E-state index contributed by atoms with van der Waals surface area (Å²) in [5.41, 5.74) is 0.583. The predicted molar refractivity (Wildman–Crippen MR) is 63.3 cm³/mol.